The molecule has 1 N–H and O–H groups in total. The molecule has 0 spiro atoms. The van der Waals surface area contributed by atoms with E-state index in [1.54, 1.807) is 0 Å². The van der Waals surface area contributed by atoms with Crippen molar-refractivity contribution in [2.45, 2.75) is 25.9 Å². The number of rotatable bonds is 5. The number of nitrogens with zero attached hydrogens (tertiary/aromatic N) is 1. The van der Waals surface area contributed by atoms with Gasteiger partial charge in [-0.1, -0.05) is 5.16 Å². The van der Waals surface area contributed by atoms with Crippen LogP contribution in [0.4, 0.5) is 0 Å². The Kier molecular flexibility index (Phi) is 3.82. The monoisotopic (exact) mass is 249 g/mol. The smallest absolute Gasteiger partial charge is 0.307 e. The fraction of sp³-hybridized carbons (Fsp3) is 0.385. The van der Waals surface area contributed by atoms with Crippen molar-refractivity contribution < 1.29 is 19.5 Å². The molecule has 1 unspecified atom stereocenters. The molecular formula is C13H15NO4. The zero-order chi connectivity index (χ0) is 13.0. The highest BCUT2D eigenvalue weighted by Gasteiger charge is 2.24. The molecular weight excluding hydrogens is 234 g/mol. The molecule has 1 aliphatic rings. The molecule has 0 aromatic heterocycles. The van der Waals surface area contributed by atoms with Gasteiger partial charge >= 0.3 is 5.97 Å². The van der Waals surface area contributed by atoms with E-state index in [4.69, 9.17) is 14.7 Å². The molecule has 2 rings (SSSR count). The van der Waals surface area contributed by atoms with Crippen LogP contribution in [0.25, 0.3) is 0 Å². The first-order chi connectivity index (χ1) is 8.69. The number of carboxylic acids is 1. The minimum absolute atomic E-state index is 0.0238. The molecule has 1 aliphatic heterocycles. The van der Waals surface area contributed by atoms with Crippen molar-refractivity contribution in [3.05, 3.63) is 29.8 Å². The second-order valence-corrected chi connectivity index (χ2v) is 4.02. The zero-order valence-corrected chi connectivity index (χ0v) is 10.1. The molecule has 1 atom stereocenters. The molecule has 18 heavy (non-hydrogen) atoms. The van der Waals surface area contributed by atoms with Crippen LogP contribution in [0.3, 0.4) is 0 Å². The Morgan fingerprint density at radius 3 is 2.83 bits per heavy atom. The molecule has 1 heterocycles. The van der Waals surface area contributed by atoms with Crippen LogP contribution < -0.4 is 4.74 Å². The average Bonchev–Trinajstić information content (AvgIpc) is 2.78. The summed E-state index contributed by atoms with van der Waals surface area (Å²) >= 11 is 0. The van der Waals surface area contributed by atoms with Crippen molar-refractivity contribution in [2.24, 2.45) is 5.16 Å². The standard InChI is InChI=1S/C13H15NO4/c1-2-17-10-5-3-9(4-6-10)12-7-11(18-14-12)8-13(15)16/h3-6,11H,2,7-8H2,1H3,(H,15,16). The van der Waals surface area contributed by atoms with Gasteiger partial charge in [-0.05, 0) is 36.8 Å². The van der Waals surface area contributed by atoms with Gasteiger partial charge in [0, 0.05) is 6.42 Å². The lowest BCUT2D eigenvalue weighted by molar-refractivity contribution is -0.139. The summed E-state index contributed by atoms with van der Waals surface area (Å²) in [5, 5.41) is 12.6. The fourth-order valence-corrected chi connectivity index (χ4v) is 1.81. The van der Waals surface area contributed by atoms with Crippen molar-refractivity contribution in [2.75, 3.05) is 6.61 Å². The van der Waals surface area contributed by atoms with Crippen LogP contribution in [0.1, 0.15) is 25.3 Å². The summed E-state index contributed by atoms with van der Waals surface area (Å²) in [6.07, 6.45) is 0.147. The molecule has 5 heteroatoms. The number of hydrogen-bond acceptors (Lipinski definition) is 4. The number of carbonyl (C=O) groups is 1. The summed E-state index contributed by atoms with van der Waals surface area (Å²) in [6, 6.07) is 7.53. The van der Waals surface area contributed by atoms with Crippen LogP contribution in [-0.4, -0.2) is 29.5 Å². The van der Waals surface area contributed by atoms with E-state index >= 15 is 0 Å². The molecule has 0 aliphatic carbocycles. The topological polar surface area (TPSA) is 68.1 Å². The average molecular weight is 249 g/mol. The van der Waals surface area contributed by atoms with E-state index in [-0.39, 0.29) is 12.5 Å². The van der Waals surface area contributed by atoms with Crippen LogP contribution >= 0.6 is 0 Å². The first kappa shape index (κ1) is 12.4. The van der Waals surface area contributed by atoms with Crippen molar-refractivity contribution in [3.8, 4) is 5.75 Å². The quantitative estimate of drug-likeness (QED) is 0.867. The summed E-state index contributed by atoms with van der Waals surface area (Å²) in [5.41, 5.74) is 1.72. The minimum Gasteiger partial charge on any atom is -0.494 e. The van der Waals surface area contributed by atoms with E-state index in [0.717, 1.165) is 17.0 Å². The summed E-state index contributed by atoms with van der Waals surface area (Å²) < 4.78 is 5.35. The summed E-state index contributed by atoms with van der Waals surface area (Å²) in [4.78, 5) is 15.7. The van der Waals surface area contributed by atoms with Crippen molar-refractivity contribution in [1.29, 1.82) is 0 Å². The number of oxime groups is 1. The third kappa shape index (κ3) is 3.00. The van der Waals surface area contributed by atoms with Gasteiger partial charge in [-0.25, -0.2) is 0 Å². The maximum Gasteiger partial charge on any atom is 0.307 e. The van der Waals surface area contributed by atoms with E-state index in [1.165, 1.54) is 0 Å². The summed E-state index contributed by atoms with van der Waals surface area (Å²) in [5.74, 6) is -0.0639. The van der Waals surface area contributed by atoms with Crippen molar-refractivity contribution in [3.63, 3.8) is 0 Å². The molecule has 1 aromatic carbocycles. The van der Waals surface area contributed by atoms with Gasteiger partial charge < -0.3 is 14.7 Å². The SMILES string of the molecule is CCOc1ccc(C2=NOC(CC(=O)O)C2)cc1. The van der Waals surface area contributed by atoms with Crippen LogP contribution in [-0.2, 0) is 9.63 Å². The number of benzene rings is 1. The Hall–Kier alpha value is -2.04. The summed E-state index contributed by atoms with van der Waals surface area (Å²) in [6.45, 7) is 2.56. The molecule has 0 radical (unpaired) electrons. The van der Waals surface area contributed by atoms with Gasteiger partial charge in [-0.3, -0.25) is 4.79 Å². The largest absolute Gasteiger partial charge is 0.494 e. The Bertz CT molecular complexity index is 453. The van der Waals surface area contributed by atoms with E-state index in [2.05, 4.69) is 5.16 Å². The maximum atomic E-state index is 10.6. The molecule has 1 aromatic rings. The van der Waals surface area contributed by atoms with Crippen LogP contribution in [0, 0.1) is 0 Å². The van der Waals surface area contributed by atoms with E-state index in [0.29, 0.717) is 13.0 Å². The van der Waals surface area contributed by atoms with Gasteiger partial charge in [0.1, 0.15) is 11.9 Å². The number of aliphatic carboxylic acids is 1. The first-order valence-electron chi connectivity index (χ1n) is 5.86. The van der Waals surface area contributed by atoms with Crippen LogP contribution in [0.15, 0.2) is 29.4 Å². The van der Waals surface area contributed by atoms with Gasteiger partial charge in [-0.2, -0.15) is 0 Å². The molecule has 5 nitrogen and oxygen atoms in total. The Morgan fingerprint density at radius 2 is 2.22 bits per heavy atom. The third-order valence-electron chi connectivity index (χ3n) is 2.63. The van der Waals surface area contributed by atoms with E-state index < -0.39 is 5.97 Å². The number of hydrogen-bond donors (Lipinski definition) is 1. The Balaban J connectivity index is 1.98. The highest BCUT2D eigenvalue weighted by Crippen LogP contribution is 2.20. The molecule has 0 fully saturated rings. The van der Waals surface area contributed by atoms with Crippen LogP contribution in [0.5, 0.6) is 5.75 Å². The van der Waals surface area contributed by atoms with Gasteiger partial charge in [0.2, 0.25) is 0 Å². The Morgan fingerprint density at radius 1 is 1.50 bits per heavy atom. The lowest BCUT2D eigenvalue weighted by atomic mass is 10.0. The predicted molar refractivity (Wildman–Crippen MR) is 65.9 cm³/mol. The van der Waals surface area contributed by atoms with Gasteiger partial charge in [0.25, 0.3) is 0 Å². The lowest BCUT2D eigenvalue weighted by Gasteiger charge is -2.05. The Labute approximate surface area is 105 Å². The molecule has 0 saturated carbocycles. The first-order valence-corrected chi connectivity index (χ1v) is 5.86. The van der Waals surface area contributed by atoms with Gasteiger partial charge in [-0.15, -0.1) is 0 Å². The third-order valence-corrected chi connectivity index (χ3v) is 2.63. The van der Waals surface area contributed by atoms with Crippen molar-refractivity contribution in [1.82, 2.24) is 0 Å². The van der Waals surface area contributed by atoms with Crippen LogP contribution in [0.2, 0.25) is 0 Å². The lowest BCUT2D eigenvalue weighted by Crippen LogP contribution is -2.13. The second kappa shape index (κ2) is 5.53. The normalized spacial score (nSPS) is 18.1. The van der Waals surface area contributed by atoms with Crippen molar-refractivity contribution >= 4 is 11.7 Å². The second-order valence-electron chi connectivity index (χ2n) is 4.02. The zero-order valence-electron chi connectivity index (χ0n) is 10.1. The van der Waals surface area contributed by atoms with Gasteiger partial charge in [0.05, 0.1) is 18.7 Å². The highest BCUT2D eigenvalue weighted by molar-refractivity contribution is 6.01. The predicted octanol–water partition coefficient (Wildman–Crippen LogP) is 2.05. The maximum absolute atomic E-state index is 10.6. The molecule has 0 saturated heterocycles. The molecule has 0 bridgehead atoms. The molecule has 96 valence electrons. The minimum atomic E-state index is -0.872. The summed E-state index contributed by atoms with van der Waals surface area (Å²) in [7, 11) is 0. The fourth-order valence-electron chi connectivity index (χ4n) is 1.81. The van der Waals surface area contributed by atoms with E-state index in [9.17, 15) is 4.79 Å². The van der Waals surface area contributed by atoms with E-state index in [1.807, 2.05) is 31.2 Å². The number of ether oxygens (including phenoxy) is 1. The molecule has 0 amide bonds. The highest BCUT2D eigenvalue weighted by atomic mass is 16.6. The number of carboxylic acid groups (broad SMARTS) is 1. The van der Waals surface area contributed by atoms with Gasteiger partial charge in [0.15, 0.2) is 0 Å².